The van der Waals surface area contributed by atoms with Crippen molar-refractivity contribution < 1.29 is 19.5 Å². The van der Waals surface area contributed by atoms with Crippen molar-refractivity contribution in [1.82, 2.24) is 10.6 Å². The number of amides is 2. The predicted molar refractivity (Wildman–Crippen MR) is 63.6 cm³/mol. The molecule has 1 heterocycles. The quantitative estimate of drug-likeness (QED) is 0.457. The molecule has 18 heavy (non-hydrogen) atoms. The maximum absolute atomic E-state index is 11.6. The highest BCUT2D eigenvalue weighted by Crippen LogP contribution is 2.12. The van der Waals surface area contributed by atoms with Gasteiger partial charge in [0.15, 0.2) is 0 Å². The average Bonchev–Trinajstić information content (AvgIpc) is 2.76. The van der Waals surface area contributed by atoms with Gasteiger partial charge in [-0.15, -0.1) is 0 Å². The molecular weight excluding hydrogens is 238 g/mol. The van der Waals surface area contributed by atoms with Crippen molar-refractivity contribution >= 4 is 17.8 Å². The first kappa shape index (κ1) is 14.4. The number of carboxylic acids is 1. The molecule has 2 atom stereocenters. The third-order valence-electron chi connectivity index (χ3n) is 2.95. The number of carboxylic acid groups (broad SMARTS) is 1. The molecule has 102 valence electrons. The third-order valence-corrected chi connectivity index (χ3v) is 2.95. The number of nitrogens with two attached hydrogens (primary N) is 1. The molecule has 5 N–H and O–H groups in total. The molecule has 2 amide bonds. The monoisotopic (exact) mass is 257 g/mol. The molecule has 1 fully saturated rings. The van der Waals surface area contributed by atoms with Crippen LogP contribution < -0.4 is 16.4 Å². The van der Waals surface area contributed by atoms with Gasteiger partial charge in [0.1, 0.15) is 6.04 Å². The van der Waals surface area contributed by atoms with Gasteiger partial charge in [-0.1, -0.05) is 0 Å². The molecule has 1 unspecified atom stereocenters. The number of aliphatic carboxylic acids is 1. The zero-order valence-corrected chi connectivity index (χ0v) is 10.1. The summed E-state index contributed by atoms with van der Waals surface area (Å²) >= 11 is 0. The topological polar surface area (TPSA) is 122 Å². The minimum absolute atomic E-state index is 0.0271. The van der Waals surface area contributed by atoms with Crippen LogP contribution >= 0.6 is 0 Å². The summed E-state index contributed by atoms with van der Waals surface area (Å²) < 4.78 is 0. The van der Waals surface area contributed by atoms with Gasteiger partial charge in [0, 0.05) is 12.8 Å². The normalized spacial score (nSPS) is 20.3. The molecule has 1 rings (SSSR count). The molecule has 0 spiro atoms. The summed E-state index contributed by atoms with van der Waals surface area (Å²) in [5.74, 6) is -1.75. The van der Waals surface area contributed by atoms with Crippen molar-refractivity contribution in [3.63, 3.8) is 0 Å². The smallest absolute Gasteiger partial charge is 0.326 e. The van der Waals surface area contributed by atoms with Gasteiger partial charge >= 0.3 is 5.97 Å². The van der Waals surface area contributed by atoms with Crippen LogP contribution in [0.3, 0.4) is 0 Å². The Balaban J connectivity index is 2.36. The van der Waals surface area contributed by atoms with Crippen LogP contribution in [-0.4, -0.2) is 42.0 Å². The highest BCUT2D eigenvalue weighted by atomic mass is 16.4. The Morgan fingerprint density at radius 1 is 1.44 bits per heavy atom. The van der Waals surface area contributed by atoms with Crippen molar-refractivity contribution in [2.24, 2.45) is 11.7 Å². The second-order valence-corrected chi connectivity index (χ2v) is 4.53. The summed E-state index contributed by atoms with van der Waals surface area (Å²) in [6, 6.07) is -1.04. The standard InChI is InChI=1S/C11H19N3O4/c12-9(15)2-1-8(11(17)18)14-10(16)5-7-3-4-13-6-7/h7-8,13H,1-6H2,(H2,12,15)(H,14,16)(H,17,18)/t7?,8-/m1/s1. The number of hydrogen-bond acceptors (Lipinski definition) is 4. The van der Waals surface area contributed by atoms with Crippen LogP contribution in [-0.2, 0) is 14.4 Å². The molecule has 1 saturated heterocycles. The molecule has 7 heteroatoms. The maximum atomic E-state index is 11.6. The Kier molecular flexibility index (Phi) is 5.57. The fourth-order valence-electron chi connectivity index (χ4n) is 1.95. The lowest BCUT2D eigenvalue weighted by molar-refractivity contribution is -0.142. The summed E-state index contributed by atoms with van der Waals surface area (Å²) in [4.78, 5) is 33.1. The summed E-state index contributed by atoms with van der Waals surface area (Å²) in [7, 11) is 0. The lowest BCUT2D eigenvalue weighted by Gasteiger charge is -2.15. The van der Waals surface area contributed by atoms with Crippen LogP contribution in [0.15, 0.2) is 0 Å². The van der Waals surface area contributed by atoms with E-state index in [1.807, 2.05) is 0 Å². The lowest BCUT2D eigenvalue weighted by Crippen LogP contribution is -2.42. The fraction of sp³-hybridized carbons (Fsp3) is 0.727. The molecule has 0 aliphatic carbocycles. The highest BCUT2D eigenvalue weighted by molar-refractivity contribution is 5.84. The number of nitrogens with one attached hydrogen (secondary N) is 2. The fourth-order valence-corrected chi connectivity index (χ4v) is 1.95. The minimum atomic E-state index is -1.14. The molecule has 0 aromatic heterocycles. The summed E-state index contributed by atoms with van der Waals surface area (Å²) in [6.45, 7) is 1.68. The Morgan fingerprint density at radius 2 is 2.17 bits per heavy atom. The molecule has 0 radical (unpaired) electrons. The predicted octanol–water partition coefficient (Wildman–Crippen LogP) is -1.18. The van der Waals surface area contributed by atoms with Crippen molar-refractivity contribution in [3.05, 3.63) is 0 Å². The van der Waals surface area contributed by atoms with E-state index in [0.717, 1.165) is 19.5 Å². The molecular formula is C11H19N3O4. The average molecular weight is 257 g/mol. The van der Waals surface area contributed by atoms with Gasteiger partial charge in [0.25, 0.3) is 0 Å². The van der Waals surface area contributed by atoms with Gasteiger partial charge < -0.3 is 21.5 Å². The number of carbonyl (C=O) groups excluding carboxylic acids is 2. The number of primary amides is 1. The van der Waals surface area contributed by atoms with E-state index < -0.39 is 17.9 Å². The zero-order valence-electron chi connectivity index (χ0n) is 10.1. The van der Waals surface area contributed by atoms with Gasteiger partial charge in [-0.05, 0) is 31.8 Å². The van der Waals surface area contributed by atoms with Crippen LogP contribution in [0.2, 0.25) is 0 Å². The van der Waals surface area contributed by atoms with Crippen LogP contribution in [0, 0.1) is 5.92 Å². The Morgan fingerprint density at radius 3 is 2.67 bits per heavy atom. The van der Waals surface area contributed by atoms with Gasteiger partial charge in [-0.25, -0.2) is 4.79 Å². The number of rotatable bonds is 7. The first-order chi connectivity index (χ1) is 8.49. The molecule has 7 nitrogen and oxygen atoms in total. The summed E-state index contributed by atoms with van der Waals surface area (Å²) in [5.41, 5.74) is 4.95. The van der Waals surface area contributed by atoms with E-state index in [1.54, 1.807) is 0 Å². The van der Waals surface area contributed by atoms with Gasteiger partial charge in [-0.2, -0.15) is 0 Å². The zero-order chi connectivity index (χ0) is 13.5. The van der Waals surface area contributed by atoms with Crippen LogP contribution in [0.5, 0.6) is 0 Å². The van der Waals surface area contributed by atoms with Crippen molar-refractivity contribution in [3.8, 4) is 0 Å². The Bertz CT molecular complexity index is 326. The maximum Gasteiger partial charge on any atom is 0.326 e. The largest absolute Gasteiger partial charge is 0.480 e. The van der Waals surface area contributed by atoms with E-state index in [2.05, 4.69) is 10.6 Å². The van der Waals surface area contributed by atoms with E-state index >= 15 is 0 Å². The lowest BCUT2D eigenvalue weighted by atomic mass is 10.0. The second kappa shape index (κ2) is 6.95. The van der Waals surface area contributed by atoms with Crippen molar-refractivity contribution in [1.29, 1.82) is 0 Å². The van der Waals surface area contributed by atoms with Crippen molar-refractivity contribution in [2.45, 2.75) is 31.7 Å². The van der Waals surface area contributed by atoms with Crippen LogP contribution in [0.4, 0.5) is 0 Å². The van der Waals surface area contributed by atoms with Crippen LogP contribution in [0.25, 0.3) is 0 Å². The minimum Gasteiger partial charge on any atom is -0.480 e. The molecule has 0 aromatic carbocycles. The molecule has 0 aromatic rings. The van der Waals surface area contributed by atoms with E-state index in [4.69, 9.17) is 10.8 Å². The summed E-state index contributed by atoms with van der Waals surface area (Å²) in [6.07, 6.45) is 1.21. The molecule has 1 aliphatic heterocycles. The highest BCUT2D eigenvalue weighted by Gasteiger charge is 2.23. The van der Waals surface area contributed by atoms with Gasteiger partial charge in [0.2, 0.25) is 11.8 Å². The van der Waals surface area contributed by atoms with E-state index in [1.165, 1.54) is 0 Å². The first-order valence-corrected chi connectivity index (χ1v) is 6.00. The third kappa shape index (κ3) is 5.13. The Labute approximate surface area is 105 Å². The van der Waals surface area contributed by atoms with Gasteiger partial charge in [0.05, 0.1) is 0 Å². The van der Waals surface area contributed by atoms with E-state index in [-0.39, 0.29) is 24.7 Å². The molecule has 0 bridgehead atoms. The number of carbonyl (C=O) groups is 3. The Hall–Kier alpha value is -1.63. The number of hydrogen-bond donors (Lipinski definition) is 4. The second-order valence-electron chi connectivity index (χ2n) is 4.53. The van der Waals surface area contributed by atoms with Crippen molar-refractivity contribution in [2.75, 3.05) is 13.1 Å². The molecule has 0 saturated carbocycles. The van der Waals surface area contributed by atoms with Crippen LogP contribution in [0.1, 0.15) is 25.7 Å². The van der Waals surface area contributed by atoms with E-state index in [9.17, 15) is 14.4 Å². The summed E-state index contributed by atoms with van der Waals surface area (Å²) in [5, 5.41) is 14.5. The SMILES string of the molecule is NC(=O)CC[C@@H](NC(=O)CC1CCNC1)C(=O)O. The van der Waals surface area contributed by atoms with E-state index in [0.29, 0.717) is 6.42 Å². The first-order valence-electron chi connectivity index (χ1n) is 6.00. The van der Waals surface area contributed by atoms with Gasteiger partial charge in [-0.3, -0.25) is 9.59 Å². The molecule has 1 aliphatic rings.